The number of fused-ring (bicyclic) bond motifs is 1. The van der Waals surface area contributed by atoms with Gasteiger partial charge in [0.05, 0.1) is 22.0 Å². The topological polar surface area (TPSA) is 83.8 Å². The summed E-state index contributed by atoms with van der Waals surface area (Å²) < 4.78 is 39.3. The largest absolute Gasteiger partial charge is 0.416 e. The highest BCUT2D eigenvalue weighted by molar-refractivity contribution is 7.22. The van der Waals surface area contributed by atoms with Gasteiger partial charge in [0.2, 0.25) is 5.91 Å². The molecule has 0 bridgehead atoms. The van der Waals surface area contributed by atoms with Crippen LogP contribution in [0.25, 0.3) is 10.1 Å². The molecule has 1 amide bonds. The molecule has 4 rings (SSSR count). The predicted molar refractivity (Wildman–Crippen MR) is 115 cm³/mol. The van der Waals surface area contributed by atoms with E-state index in [0.717, 1.165) is 24.2 Å². The number of carbonyl (C=O) groups is 1. The Hall–Kier alpha value is -2.69. The maximum Gasteiger partial charge on any atom is 0.416 e. The minimum absolute atomic E-state index is 0.0304. The Morgan fingerprint density at radius 1 is 1.09 bits per heavy atom. The monoisotopic (exact) mass is 469 g/mol. The average molecular weight is 469 g/mol. The fourth-order valence-electron chi connectivity index (χ4n) is 4.45. The third-order valence-electron chi connectivity index (χ3n) is 6.15. The zero-order chi connectivity index (χ0) is 23.0. The van der Waals surface area contributed by atoms with Crippen molar-refractivity contribution in [2.24, 2.45) is 5.92 Å². The highest BCUT2D eigenvalue weighted by Crippen LogP contribution is 2.39. The van der Waals surface area contributed by atoms with Gasteiger partial charge in [-0.2, -0.15) is 13.2 Å². The lowest BCUT2D eigenvalue weighted by molar-refractivity contribution is -0.383. The van der Waals surface area contributed by atoms with Crippen LogP contribution in [0, 0.1) is 16.0 Å². The number of rotatable bonds is 4. The number of benzene rings is 1. The Bertz CT molecular complexity index is 1110. The van der Waals surface area contributed by atoms with Gasteiger partial charge in [0, 0.05) is 37.2 Å². The number of hydrogen-bond donors (Lipinski definition) is 0. The lowest BCUT2D eigenvalue weighted by Gasteiger charge is -2.37. The highest BCUT2D eigenvalue weighted by Gasteiger charge is 2.34. The molecule has 0 N–H and O–H groups in total. The van der Waals surface area contributed by atoms with E-state index >= 15 is 0 Å². The molecule has 2 fully saturated rings. The van der Waals surface area contributed by atoms with Crippen molar-refractivity contribution in [3.05, 3.63) is 44.1 Å². The zero-order valence-electron chi connectivity index (χ0n) is 17.2. The second-order valence-electron chi connectivity index (χ2n) is 8.34. The number of hydrogen-bond acceptors (Lipinski definition) is 6. The average Bonchev–Trinajstić information content (AvgIpc) is 2.74. The van der Waals surface area contributed by atoms with Gasteiger partial charge >= 0.3 is 6.18 Å². The number of carbonyl (C=O) groups excluding carboxylic acids is 1. The number of alkyl halides is 3. The number of nitro benzene ring substituents is 1. The number of non-ortho nitro benzene ring substituents is 1. The molecule has 2 aliphatic rings. The van der Waals surface area contributed by atoms with Crippen LogP contribution in [0.15, 0.2) is 23.0 Å². The van der Waals surface area contributed by atoms with Gasteiger partial charge in [-0.3, -0.25) is 19.7 Å². The summed E-state index contributed by atoms with van der Waals surface area (Å²) in [7, 11) is 0. The zero-order valence-corrected chi connectivity index (χ0v) is 18.0. The third kappa shape index (κ3) is 4.57. The maximum atomic E-state index is 13.1. The Morgan fingerprint density at radius 3 is 2.44 bits per heavy atom. The SMILES string of the molecule is O=C1CN(c2cc(=O)c3cc(C(F)(F)F)cc([N+](=O)[O-])c3s2)CCN1CC1CCCCC1. The maximum absolute atomic E-state index is 13.1. The van der Waals surface area contributed by atoms with E-state index in [-0.39, 0.29) is 22.5 Å². The second kappa shape index (κ2) is 8.68. The van der Waals surface area contributed by atoms with E-state index in [2.05, 4.69) is 0 Å². The van der Waals surface area contributed by atoms with Crippen molar-refractivity contribution in [3.63, 3.8) is 0 Å². The van der Waals surface area contributed by atoms with Gasteiger partial charge < -0.3 is 9.80 Å². The van der Waals surface area contributed by atoms with Crippen molar-refractivity contribution in [2.45, 2.75) is 38.3 Å². The van der Waals surface area contributed by atoms with Crippen molar-refractivity contribution < 1.29 is 22.9 Å². The molecule has 0 unspecified atom stereocenters. The van der Waals surface area contributed by atoms with Crippen molar-refractivity contribution in [2.75, 3.05) is 31.1 Å². The number of amides is 1. The molecule has 0 spiro atoms. The first kappa shape index (κ1) is 22.5. The van der Waals surface area contributed by atoms with Crippen LogP contribution in [0.5, 0.6) is 0 Å². The van der Waals surface area contributed by atoms with E-state index in [1.165, 1.54) is 25.3 Å². The van der Waals surface area contributed by atoms with Gasteiger partial charge in [0.1, 0.15) is 4.70 Å². The fourth-order valence-corrected chi connectivity index (χ4v) is 5.62. The second-order valence-corrected chi connectivity index (χ2v) is 9.37. The van der Waals surface area contributed by atoms with Crippen molar-refractivity contribution >= 4 is 38.0 Å². The molecule has 0 atom stereocenters. The summed E-state index contributed by atoms with van der Waals surface area (Å²) in [6.45, 7) is 1.67. The summed E-state index contributed by atoms with van der Waals surface area (Å²) in [4.78, 5) is 39.3. The van der Waals surface area contributed by atoms with Gasteiger partial charge in [-0.1, -0.05) is 19.3 Å². The Morgan fingerprint density at radius 2 is 1.81 bits per heavy atom. The fraction of sp³-hybridized carbons (Fsp3) is 0.524. The van der Waals surface area contributed by atoms with Gasteiger partial charge in [-0.05, 0) is 24.8 Å². The molecular formula is C21H22F3N3O4S. The molecule has 1 aliphatic heterocycles. The number of anilines is 1. The van der Waals surface area contributed by atoms with E-state index in [1.807, 2.05) is 4.90 Å². The lowest BCUT2D eigenvalue weighted by Crippen LogP contribution is -2.51. The molecule has 2 heterocycles. The molecule has 1 aliphatic carbocycles. The summed E-state index contributed by atoms with van der Waals surface area (Å²) in [5.41, 5.74) is -2.73. The minimum Gasteiger partial charge on any atom is -0.352 e. The first-order valence-corrected chi connectivity index (χ1v) is 11.3. The number of nitrogens with zero attached hydrogens (tertiary/aromatic N) is 3. The Balaban J connectivity index is 1.61. The van der Waals surface area contributed by atoms with E-state index in [4.69, 9.17) is 0 Å². The summed E-state index contributed by atoms with van der Waals surface area (Å²) in [5.74, 6) is 0.421. The molecule has 32 heavy (non-hydrogen) atoms. The standard InChI is InChI=1S/C21H22F3N3O4S/c22-21(23,24)14-8-15-17(28)10-19(32-20(15)16(9-14)27(30)31)26-7-6-25(18(29)12-26)11-13-4-2-1-3-5-13/h8-10,13H,1-7,11-12H2. The van der Waals surface area contributed by atoms with Crippen LogP contribution in [-0.4, -0.2) is 41.9 Å². The lowest BCUT2D eigenvalue weighted by atomic mass is 9.89. The smallest absolute Gasteiger partial charge is 0.352 e. The molecule has 172 valence electrons. The Kier molecular flexibility index (Phi) is 6.11. The molecule has 0 radical (unpaired) electrons. The highest BCUT2D eigenvalue weighted by atomic mass is 32.1. The molecular weight excluding hydrogens is 447 g/mol. The molecule has 2 aromatic rings. The van der Waals surface area contributed by atoms with Crippen LogP contribution in [0.3, 0.4) is 0 Å². The van der Waals surface area contributed by atoms with E-state index in [1.54, 1.807) is 4.90 Å². The Labute approximate surface area is 185 Å². The third-order valence-corrected chi connectivity index (χ3v) is 7.37. The van der Waals surface area contributed by atoms with Crippen LogP contribution >= 0.6 is 11.3 Å². The quantitative estimate of drug-likeness (QED) is 0.489. The summed E-state index contributed by atoms with van der Waals surface area (Å²) >= 11 is 0.867. The van der Waals surface area contributed by atoms with Gasteiger partial charge in [0.25, 0.3) is 5.69 Å². The van der Waals surface area contributed by atoms with Crippen LogP contribution in [-0.2, 0) is 11.0 Å². The predicted octanol–water partition coefficient (Wildman–Crippen LogP) is 4.42. The molecule has 1 aromatic carbocycles. The minimum atomic E-state index is -4.81. The summed E-state index contributed by atoms with van der Waals surface area (Å²) in [6.07, 6.45) is 1.01. The van der Waals surface area contributed by atoms with Crippen molar-refractivity contribution in [1.29, 1.82) is 0 Å². The normalized spacial score (nSPS) is 18.4. The molecule has 1 saturated heterocycles. The number of piperazine rings is 1. The summed E-state index contributed by atoms with van der Waals surface area (Å²) in [6, 6.07) is 2.27. The van der Waals surface area contributed by atoms with E-state index < -0.39 is 27.8 Å². The number of nitro groups is 1. The summed E-state index contributed by atoms with van der Waals surface area (Å²) in [5, 5.41) is 11.4. The van der Waals surface area contributed by atoms with Crippen molar-refractivity contribution in [3.8, 4) is 0 Å². The van der Waals surface area contributed by atoms with Crippen LogP contribution < -0.4 is 10.3 Å². The van der Waals surface area contributed by atoms with Gasteiger partial charge in [-0.25, -0.2) is 0 Å². The van der Waals surface area contributed by atoms with Crippen LogP contribution in [0.1, 0.15) is 37.7 Å². The van der Waals surface area contributed by atoms with E-state index in [9.17, 15) is 32.9 Å². The molecule has 1 aromatic heterocycles. The van der Waals surface area contributed by atoms with Gasteiger partial charge in [-0.15, -0.1) is 11.3 Å². The number of halogens is 3. The first-order chi connectivity index (χ1) is 15.1. The van der Waals surface area contributed by atoms with E-state index in [0.29, 0.717) is 42.7 Å². The first-order valence-electron chi connectivity index (χ1n) is 10.5. The molecule has 7 nitrogen and oxygen atoms in total. The van der Waals surface area contributed by atoms with Gasteiger partial charge in [0.15, 0.2) is 5.43 Å². The molecule has 1 saturated carbocycles. The van der Waals surface area contributed by atoms with Crippen molar-refractivity contribution in [1.82, 2.24) is 4.90 Å². The van der Waals surface area contributed by atoms with Crippen LogP contribution in [0.2, 0.25) is 0 Å². The van der Waals surface area contributed by atoms with Crippen LogP contribution in [0.4, 0.5) is 23.9 Å². The molecule has 11 heteroatoms.